The number of H-pyrrole nitrogens is 1. The molecule has 1 saturated carbocycles. The highest BCUT2D eigenvalue weighted by atomic mass is 19.4. The molecule has 1 aliphatic carbocycles. The van der Waals surface area contributed by atoms with Crippen molar-refractivity contribution in [2.45, 2.75) is 57.8 Å². The summed E-state index contributed by atoms with van der Waals surface area (Å²) in [6.07, 6.45) is 0.564. The van der Waals surface area contributed by atoms with Crippen molar-refractivity contribution in [1.82, 2.24) is 15.3 Å². The molecule has 14 heteroatoms. The quantitative estimate of drug-likeness (QED) is 0.130. The van der Waals surface area contributed by atoms with E-state index in [4.69, 9.17) is 9.90 Å². The molecule has 0 bridgehead atoms. The number of aromatic nitrogens is 2. The fraction of sp³-hybridized carbons (Fsp3) is 0.300. The molecular formula is C30H26F7N3O4. The second-order valence-electron chi connectivity index (χ2n) is 10.3. The van der Waals surface area contributed by atoms with E-state index in [1.807, 2.05) is 0 Å². The first-order valence-corrected chi connectivity index (χ1v) is 13.4. The van der Waals surface area contributed by atoms with Gasteiger partial charge in [0.25, 0.3) is 0 Å². The van der Waals surface area contributed by atoms with Gasteiger partial charge in [0.05, 0.1) is 22.2 Å². The molecule has 0 saturated heterocycles. The number of hydrogen-bond acceptors (Lipinski definition) is 4. The summed E-state index contributed by atoms with van der Waals surface area (Å²) in [4.78, 5) is 27.5. The molecule has 0 spiro atoms. The number of aromatic amines is 1. The Kier molecular flexibility index (Phi) is 9.62. The van der Waals surface area contributed by atoms with Crippen LogP contribution in [0.25, 0.3) is 33.3 Å². The Balaban J connectivity index is 0.000000566. The number of aliphatic carboxylic acids is 1. The van der Waals surface area contributed by atoms with Gasteiger partial charge in [0.1, 0.15) is 11.3 Å². The number of carboxylic acid groups (broad SMARTS) is 2. The van der Waals surface area contributed by atoms with Gasteiger partial charge in [-0.15, -0.1) is 0 Å². The van der Waals surface area contributed by atoms with Crippen LogP contribution in [0.5, 0.6) is 0 Å². The first-order chi connectivity index (χ1) is 20.7. The van der Waals surface area contributed by atoms with Gasteiger partial charge >= 0.3 is 18.1 Å². The number of aromatic carboxylic acids is 1. The van der Waals surface area contributed by atoms with Crippen LogP contribution in [0.2, 0.25) is 0 Å². The monoisotopic (exact) mass is 625 g/mol. The van der Waals surface area contributed by atoms with E-state index >= 15 is 17.6 Å². The molecule has 4 aromatic rings. The van der Waals surface area contributed by atoms with Crippen LogP contribution in [0.4, 0.5) is 30.7 Å². The molecular weight excluding hydrogens is 599 g/mol. The average Bonchev–Trinajstić information content (AvgIpc) is 3.35. The lowest BCUT2D eigenvalue weighted by Gasteiger charge is -2.23. The van der Waals surface area contributed by atoms with Crippen molar-refractivity contribution in [2.24, 2.45) is 0 Å². The number of halogens is 7. The Morgan fingerprint density at radius 2 is 1.48 bits per heavy atom. The molecule has 4 N–H and O–H groups in total. The predicted octanol–water partition coefficient (Wildman–Crippen LogP) is 7.52. The zero-order valence-electron chi connectivity index (χ0n) is 23.1. The van der Waals surface area contributed by atoms with Crippen LogP contribution in [0.1, 0.15) is 53.8 Å². The zero-order chi connectivity index (χ0) is 32.3. The Bertz CT molecular complexity index is 1680. The molecule has 3 aromatic carbocycles. The molecule has 1 fully saturated rings. The van der Waals surface area contributed by atoms with Crippen molar-refractivity contribution in [1.29, 1.82) is 0 Å². The highest BCUT2D eigenvalue weighted by Crippen LogP contribution is 2.38. The molecule has 44 heavy (non-hydrogen) atoms. The number of fused-ring (bicyclic) bond motifs is 1. The van der Waals surface area contributed by atoms with Crippen molar-refractivity contribution in [2.75, 3.05) is 0 Å². The van der Waals surface area contributed by atoms with Gasteiger partial charge in [-0.1, -0.05) is 37.5 Å². The van der Waals surface area contributed by atoms with E-state index in [2.05, 4.69) is 15.3 Å². The maximum Gasteiger partial charge on any atom is 0.490 e. The fourth-order valence-corrected chi connectivity index (χ4v) is 5.09. The number of benzene rings is 3. The summed E-state index contributed by atoms with van der Waals surface area (Å²) in [6.45, 7) is 2.05. The minimum Gasteiger partial charge on any atom is -0.478 e. The van der Waals surface area contributed by atoms with Crippen LogP contribution < -0.4 is 5.32 Å². The number of nitrogens with zero attached hydrogens (tertiary/aromatic N) is 1. The predicted molar refractivity (Wildman–Crippen MR) is 146 cm³/mol. The van der Waals surface area contributed by atoms with Crippen LogP contribution >= 0.6 is 0 Å². The van der Waals surface area contributed by atoms with Crippen LogP contribution in [0.15, 0.2) is 36.4 Å². The molecule has 0 amide bonds. The Morgan fingerprint density at radius 1 is 0.909 bits per heavy atom. The van der Waals surface area contributed by atoms with Crippen molar-refractivity contribution in [3.05, 3.63) is 76.6 Å². The summed E-state index contributed by atoms with van der Waals surface area (Å²) in [5, 5.41) is 20.1. The third-order valence-corrected chi connectivity index (χ3v) is 7.15. The highest BCUT2D eigenvalue weighted by molar-refractivity contribution is 6.03. The molecule has 234 valence electrons. The fourth-order valence-electron chi connectivity index (χ4n) is 5.09. The minimum absolute atomic E-state index is 0.00756. The van der Waals surface area contributed by atoms with Crippen molar-refractivity contribution in [3.8, 4) is 22.3 Å². The number of carbonyl (C=O) groups is 2. The van der Waals surface area contributed by atoms with E-state index in [1.165, 1.54) is 24.6 Å². The van der Waals surface area contributed by atoms with E-state index < -0.39 is 52.5 Å². The second-order valence-corrected chi connectivity index (χ2v) is 10.3. The topological polar surface area (TPSA) is 115 Å². The Hall–Kier alpha value is -4.46. The molecule has 0 radical (unpaired) electrons. The lowest BCUT2D eigenvalue weighted by Crippen LogP contribution is -2.30. The molecule has 1 aliphatic rings. The van der Waals surface area contributed by atoms with Crippen molar-refractivity contribution < 1.29 is 50.5 Å². The molecule has 7 nitrogen and oxygen atoms in total. The number of alkyl halides is 3. The lowest BCUT2D eigenvalue weighted by atomic mass is 9.94. The average molecular weight is 626 g/mol. The Labute approximate surface area is 245 Å². The minimum atomic E-state index is -5.08. The number of hydrogen-bond donors (Lipinski definition) is 4. The Morgan fingerprint density at radius 3 is 2.02 bits per heavy atom. The first-order valence-electron chi connectivity index (χ1n) is 13.4. The van der Waals surface area contributed by atoms with Crippen molar-refractivity contribution in [3.63, 3.8) is 0 Å². The molecule has 5 rings (SSSR count). The van der Waals surface area contributed by atoms with Gasteiger partial charge < -0.3 is 20.5 Å². The van der Waals surface area contributed by atoms with Gasteiger partial charge in [0, 0.05) is 12.6 Å². The third-order valence-electron chi connectivity index (χ3n) is 7.15. The molecule has 0 aliphatic heterocycles. The molecule has 0 atom stereocenters. The van der Waals surface area contributed by atoms with Crippen molar-refractivity contribution >= 4 is 23.0 Å². The molecule has 1 aromatic heterocycles. The SMILES string of the molecule is Cc1nc2c(C(=O)O)cc(-c3c(F)c(F)c(-c4cccc(CNC5CCCCC5)c4)c(F)c3F)cc2[nH]1.O=C(O)C(F)(F)F. The smallest absolute Gasteiger partial charge is 0.478 e. The summed E-state index contributed by atoms with van der Waals surface area (Å²) < 4.78 is 93.1. The molecule has 0 unspecified atom stereocenters. The number of carboxylic acids is 2. The standard InChI is InChI=1S/C28H25F4N3O2.C2HF3O2/c1-14-34-20-12-17(11-19(28(36)37)27(20)35-14)22-25(31)23(29)21(24(30)26(22)32)16-7-5-6-15(10-16)13-33-18-8-3-2-4-9-18;3-2(4,5)1(6)7/h5-7,10-12,18,33H,2-4,8-9,13H2,1H3,(H,34,35)(H,36,37);(H,6,7). The van der Waals surface area contributed by atoms with Gasteiger partial charge in [0.2, 0.25) is 0 Å². The van der Waals surface area contributed by atoms with Gasteiger partial charge in [0.15, 0.2) is 23.3 Å². The van der Waals surface area contributed by atoms with Gasteiger partial charge in [-0.05, 0) is 54.7 Å². The summed E-state index contributed by atoms with van der Waals surface area (Å²) >= 11 is 0. The van der Waals surface area contributed by atoms with E-state index in [1.54, 1.807) is 19.1 Å². The second kappa shape index (κ2) is 13.0. The highest BCUT2D eigenvalue weighted by Gasteiger charge is 2.38. The summed E-state index contributed by atoms with van der Waals surface area (Å²) in [5.41, 5.74) is -1.47. The van der Waals surface area contributed by atoms with E-state index in [0.717, 1.165) is 37.3 Å². The summed E-state index contributed by atoms with van der Waals surface area (Å²) in [6, 6.07) is 8.83. The van der Waals surface area contributed by atoms with E-state index in [-0.39, 0.29) is 27.7 Å². The van der Waals surface area contributed by atoms with Crippen LogP contribution in [-0.4, -0.2) is 44.3 Å². The van der Waals surface area contributed by atoms with Gasteiger partial charge in [-0.25, -0.2) is 32.1 Å². The van der Waals surface area contributed by atoms with Crippen LogP contribution in [0.3, 0.4) is 0 Å². The number of rotatable bonds is 6. The largest absolute Gasteiger partial charge is 0.490 e. The maximum atomic E-state index is 15.3. The number of aryl methyl sites for hydroxylation is 1. The number of imidazole rings is 1. The van der Waals surface area contributed by atoms with E-state index in [9.17, 15) is 23.1 Å². The normalized spacial score (nSPS) is 13.9. The van der Waals surface area contributed by atoms with Crippen LogP contribution in [0, 0.1) is 30.2 Å². The zero-order valence-corrected chi connectivity index (χ0v) is 23.1. The van der Waals surface area contributed by atoms with Gasteiger partial charge in [-0.2, -0.15) is 13.2 Å². The summed E-state index contributed by atoms with van der Waals surface area (Å²) in [7, 11) is 0. The summed E-state index contributed by atoms with van der Waals surface area (Å²) in [5.74, 6) is -10.1. The first kappa shape index (κ1) is 32.5. The third kappa shape index (κ3) is 7.01. The van der Waals surface area contributed by atoms with E-state index in [0.29, 0.717) is 18.4 Å². The van der Waals surface area contributed by atoms with Crippen LogP contribution in [-0.2, 0) is 11.3 Å². The lowest BCUT2D eigenvalue weighted by molar-refractivity contribution is -0.192. The van der Waals surface area contributed by atoms with Gasteiger partial charge in [-0.3, -0.25) is 0 Å². The maximum absolute atomic E-state index is 15.3. The molecule has 1 heterocycles. The number of nitrogens with one attached hydrogen (secondary N) is 2.